The van der Waals surface area contributed by atoms with E-state index >= 15 is 0 Å². The summed E-state index contributed by atoms with van der Waals surface area (Å²) >= 11 is 0. The summed E-state index contributed by atoms with van der Waals surface area (Å²) in [6, 6.07) is 4.34. The lowest BCUT2D eigenvalue weighted by Gasteiger charge is -2.34. The molecule has 17 heavy (non-hydrogen) atoms. The predicted octanol–water partition coefficient (Wildman–Crippen LogP) is 3.59. The third-order valence-corrected chi connectivity index (χ3v) is 3.97. The Labute approximate surface area is 101 Å². The normalized spacial score (nSPS) is 29.3. The maximum atomic E-state index is 13.8. The van der Waals surface area contributed by atoms with Crippen molar-refractivity contribution in [2.45, 2.75) is 44.6 Å². The van der Waals surface area contributed by atoms with Gasteiger partial charge in [0.1, 0.15) is 0 Å². The molecule has 3 atom stereocenters. The van der Waals surface area contributed by atoms with Gasteiger partial charge in [0.05, 0.1) is 0 Å². The van der Waals surface area contributed by atoms with Gasteiger partial charge in [-0.25, -0.2) is 8.78 Å². The molecule has 0 aromatic heterocycles. The first-order valence-electron chi connectivity index (χ1n) is 6.33. The van der Waals surface area contributed by atoms with Crippen molar-refractivity contribution in [1.29, 1.82) is 0 Å². The van der Waals surface area contributed by atoms with E-state index in [1.165, 1.54) is 0 Å². The summed E-state index contributed by atoms with van der Waals surface area (Å²) in [5.74, 6) is -0.940. The highest BCUT2D eigenvalue weighted by molar-refractivity contribution is 5.25. The molecule has 1 saturated carbocycles. The lowest BCUT2D eigenvalue weighted by Crippen LogP contribution is -2.35. The number of rotatable bonds is 2. The molecule has 1 aromatic rings. The number of hydrogen-bond donors (Lipinski definition) is 1. The molecule has 0 heterocycles. The summed E-state index contributed by atoms with van der Waals surface area (Å²) in [6.07, 6.45) is 3.96. The Hall–Kier alpha value is -0.960. The molecule has 0 spiro atoms. The van der Waals surface area contributed by atoms with Crippen molar-refractivity contribution >= 4 is 0 Å². The molecule has 1 aliphatic rings. The minimum Gasteiger partial charge on any atom is -0.327 e. The quantitative estimate of drug-likeness (QED) is 0.838. The zero-order valence-electron chi connectivity index (χ0n) is 10.1. The van der Waals surface area contributed by atoms with Crippen molar-refractivity contribution in [2.75, 3.05) is 0 Å². The van der Waals surface area contributed by atoms with Gasteiger partial charge in [0.15, 0.2) is 11.6 Å². The topological polar surface area (TPSA) is 26.0 Å². The van der Waals surface area contributed by atoms with Gasteiger partial charge >= 0.3 is 0 Å². The number of benzene rings is 1. The molecule has 0 radical (unpaired) electrons. The van der Waals surface area contributed by atoms with Gasteiger partial charge in [0, 0.05) is 12.0 Å². The van der Waals surface area contributed by atoms with E-state index in [-0.39, 0.29) is 12.0 Å². The Morgan fingerprint density at radius 3 is 2.76 bits per heavy atom. The van der Waals surface area contributed by atoms with Crippen LogP contribution in [-0.2, 0) is 0 Å². The zero-order valence-corrected chi connectivity index (χ0v) is 10.1. The first-order valence-corrected chi connectivity index (χ1v) is 6.33. The molecule has 3 unspecified atom stereocenters. The van der Waals surface area contributed by atoms with Gasteiger partial charge in [-0.2, -0.15) is 0 Å². The molecule has 1 fully saturated rings. The van der Waals surface area contributed by atoms with Gasteiger partial charge in [-0.3, -0.25) is 0 Å². The summed E-state index contributed by atoms with van der Waals surface area (Å²) in [7, 11) is 0. The van der Waals surface area contributed by atoms with E-state index in [0.29, 0.717) is 11.5 Å². The first-order chi connectivity index (χ1) is 8.13. The second kappa shape index (κ2) is 5.13. The minimum atomic E-state index is -0.770. The average Bonchev–Trinajstić information content (AvgIpc) is 2.34. The Balaban J connectivity index is 2.27. The maximum absolute atomic E-state index is 13.8. The van der Waals surface area contributed by atoms with Crippen molar-refractivity contribution in [1.82, 2.24) is 0 Å². The SMILES string of the molecule is CCC1CCC(N)C(c2cccc(F)c2F)C1. The predicted molar refractivity (Wildman–Crippen MR) is 64.7 cm³/mol. The molecule has 2 rings (SSSR count). The van der Waals surface area contributed by atoms with Gasteiger partial charge in [-0.1, -0.05) is 25.5 Å². The smallest absolute Gasteiger partial charge is 0.162 e. The van der Waals surface area contributed by atoms with Gasteiger partial charge in [-0.05, 0) is 36.8 Å². The first kappa shape index (κ1) is 12.5. The van der Waals surface area contributed by atoms with E-state index in [4.69, 9.17) is 5.73 Å². The monoisotopic (exact) mass is 239 g/mol. The summed E-state index contributed by atoms with van der Waals surface area (Å²) in [6.45, 7) is 2.14. The lowest BCUT2D eigenvalue weighted by atomic mass is 9.74. The third-order valence-electron chi connectivity index (χ3n) is 3.97. The third kappa shape index (κ3) is 2.49. The molecule has 1 nitrogen and oxygen atoms in total. The van der Waals surface area contributed by atoms with Gasteiger partial charge in [0.2, 0.25) is 0 Å². The van der Waals surface area contributed by atoms with Gasteiger partial charge in [0.25, 0.3) is 0 Å². The Morgan fingerprint density at radius 1 is 1.29 bits per heavy atom. The van der Waals surface area contributed by atoms with Gasteiger partial charge in [-0.15, -0.1) is 0 Å². The Morgan fingerprint density at radius 2 is 2.06 bits per heavy atom. The second-order valence-electron chi connectivity index (χ2n) is 5.00. The summed E-state index contributed by atoms with van der Waals surface area (Å²) < 4.78 is 27.0. The maximum Gasteiger partial charge on any atom is 0.162 e. The van der Waals surface area contributed by atoms with Crippen LogP contribution in [0.1, 0.15) is 44.1 Å². The van der Waals surface area contributed by atoms with Crippen LogP contribution in [-0.4, -0.2) is 6.04 Å². The van der Waals surface area contributed by atoms with Crippen LogP contribution in [0.3, 0.4) is 0 Å². The zero-order chi connectivity index (χ0) is 12.4. The van der Waals surface area contributed by atoms with E-state index in [1.807, 2.05) is 0 Å². The molecule has 0 bridgehead atoms. The molecular weight excluding hydrogens is 220 g/mol. The lowest BCUT2D eigenvalue weighted by molar-refractivity contribution is 0.277. The fourth-order valence-electron chi connectivity index (χ4n) is 2.82. The van der Waals surface area contributed by atoms with Crippen molar-refractivity contribution < 1.29 is 8.78 Å². The summed E-state index contributed by atoms with van der Waals surface area (Å²) in [4.78, 5) is 0. The van der Waals surface area contributed by atoms with Crippen molar-refractivity contribution in [3.05, 3.63) is 35.4 Å². The minimum absolute atomic E-state index is 0.0376. The Kier molecular flexibility index (Phi) is 3.77. The van der Waals surface area contributed by atoms with Crippen LogP contribution < -0.4 is 5.73 Å². The van der Waals surface area contributed by atoms with E-state index in [1.54, 1.807) is 12.1 Å². The second-order valence-corrected chi connectivity index (χ2v) is 5.00. The van der Waals surface area contributed by atoms with Crippen molar-refractivity contribution in [3.63, 3.8) is 0 Å². The van der Waals surface area contributed by atoms with Crippen LogP contribution in [0.4, 0.5) is 8.78 Å². The van der Waals surface area contributed by atoms with Crippen molar-refractivity contribution in [2.24, 2.45) is 11.7 Å². The van der Waals surface area contributed by atoms with E-state index in [2.05, 4.69) is 6.92 Å². The number of hydrogen-bond acceptors (Lipinski definition) is 1. The van der Waals surface area contributed by atoms with Crippen LogP contribution in [0, 0.1) is 17.6 Å². The molecule has 1 aromatic carbocycles. The summed E-state index contributed by atoms with van der Waals surface area (Å²) in [5.41, 5.74) is 6.51. The number of halogens is 2. The van der Waals surface area contributed by atoms with Crippen LogP contribution in [0.15, 0.2) is 18.2 Å². The standard InChI is InChI=1S/C14H19F2N/c1-2-9-6-7-13(17)11(8-9)10-4-3-5-12(15)14(10)16/h3-5,9,11,13H,2,6-8,17H2,1H3. The highest BCUT2D eigenvalue weighted by Gasteiger charge is 2.30. The molecule has 3 heteroatoms. The van der Waals surface area contributed by atoms with Crippen molar-refractivity contribution in [3.8, 4) is 0 Å². The van der Waals surface area contributed by atoms with E-state index in [0.717, 1.165) is 31.7 Å². The number of nitrogens with two attached hydrogens (primary N) is 1. The highest BCUT2D eigenvalue weighted by Crippen LogP contribution is 2.38. The molecular formula is C14H19F2N. The van der Waals surface area contributed by atoms with Crippen LogP contribution in [0.25, 0.3) is 0 Å². The molecule has 0 aliphatic heterocycles. The molecule has 1 aliphatic carbocycles. The summed E-state index contributed by atoms with van der Waals surface area (Å²) in [5, 5.41) is 0. The highest BCUT2D eigenvalue weighted by atomic mass is 19.2. The van der Waals surface area contributed by atoms with Crippen LogP contribution in [0.5, 0.6) is 0 Å². The average molecular weight is 239 g/mol. The molecule has 94 valence electrons. The molecule has 0 saturated heterocycles. The largest absolute Gasteiger partial charge is 0.327 e. The van der Waals surface area contributed by atoms with Crippen LogP contribution >= 0.6 is 0 Å². The van der Waals surface area contributed by atoms with Gasteiger partial charge < -0.3 is 5.73 Å². The fraction of sp³-hybridized carbons (Fsp3) is 0.571. The molecule has 2 N–H and O–H groups in total. The molecule has 0 amide bonds. The fourth-order valence-corrected chi connectivity index (χ4v) is 2.82. The van der Waals surface area contributed by atoms with Crippen LogP contribution in [0.2, 0.25) is 0 Å². The van der Waals surface area contributed by atoms with E-state index < -0.39 is 11.6 Å². The van der Waals surface area contributed by atoms with E-state index in [9.17, 15) is 8.78 Å². The Bertz CT molecular complexity index is 392.